The van der Waals surface area contributed by atoms with Crippen LogP contribution >= 0.6 is 11.6 Å². The maximum atomic E-state index is 11.3. The Balaban J connectivity index is 1.57. The maximum absolute atomic E-state index is 11.3. The molecule has 0 spiro atoms. The van der Waals surface area contributed by atoms with E-state index in [1.54, 1.807) is 17.7 Å². The van der Waals surface area contributed by atoms with Crippen LogP contribution in [0.4, 0.5) is 0 Å². The number of carbonyl (C=O) groups is 1. The molecule has 0 aliphatic rings. The van der Waals surface area contributed by atoms with Crippen molar-refractivity contribution < 1.29 is 14.6 Å². The Bertz CT molecular complexity index is 986. The van der Waals surface area contributed by atoms with Crippen molar-refractivity contribution in [1.29, 1.82) is 0 Å². The molecule has 3 aromatic rings. The molecule has 31 heavy (non-hydrogen) atoms. The summed E-state index contributed by atoms with van der Waals surface area (Å²) < 4.78 is 7.80. The number of halogens is 1. The van der Waals surface area contributed by atoms with Gasteiger partial charge in [0.1, 0.15) is 11.4 Å². The number of rotatable bonds is 11. The normalized spacial score (nSPS) is 13.0. The van der Waals surface area contributed by atoms with Gasteiger partial charge < -0.3 is 20.1 Å². The molecule has 1 heterocycles. The number of carbonyl (C=O) groups excluding carboxylic acids is 1. The number of aliphatic hydroxyl groups excluding tert-OH is 1. The molecule has 7 heteroatoms. The van der Waals surface area contributed by atoms with E-state index in [4.69, 9.17) is 22.1 Å². The van der Waals surface area contributed by atoms with Gasteiger partial charge in [-0.3, -0.25) is 4.79 Å². The van der Waals surface area contributed by atoms with Crippen LogP contribution in [0.5, 0.6) is 5.75 Å². The third-order valence-electron chi connectivity index (χ3n) is 5.26. The molecule has 1 amide bonds. The number of ether oxygens (including phenoxy) is 1. The highest BCUT2D eigenvalue weighted by Gasteiger charge is 2.19. The van der Waals surface area contributed by atoms with Crippen molar-refractivity contribution in [3.63, 3.8) is 0 Å². The van der Waals surface area contributed by atoms with Crippen LogP contribution in [0.15, 0.2) is 61.1 Å². The zero-order valence-corrected chi connectivity index (χ0v) is 18.3. The number of aryl methyl sites for hydroxylation is 2. The first kappa shape index (κ1) is 22.8. The summed E-state index contributed by atoms with van der Waals surface area (Å²) >= 11 is 5.93. The molecule has 2 atom stereocenters. The Morgan fingerprint density at radius 3 is 2.61 bits per heavy atom. The van der Waals surface area contributed by atoms with Crippen LogP contribution in [0.3, 0.4) is 0 Å². The standard InChI is InChI=1S/C24H28ClN3O3/c1-17(29)22(28-15-21(24(26)30)27-16-28)13-10-19-6-2-3-7-23(19)31-14-4-5-18-8-11-20(25)12-9-18/h2-3,6-9,11-12,15-17,22,29H,4-5,10,13-14H2,1H3,(H2,26,30)/t17-,22+/m0/s1. The summed E-state index contributed by atoms with van der Waals surface area (Å²) in [7, 11) is 0. The molecule has 3 rings (SSSR count). The number of imidazole rings is 1. The van der Waals surface area contributed by atoms with Gasteiger partial charge in [0.25, 0.3) is 5.91 Å². The van der Waals surface area contributed by atoms with Crippen molar-refractivity contribution in [2.45, 2.75) is 44.8 Å². The summed E-state index contributed by atoms with van der Waals surface area (Å²) in [5.41, 5.74) is 7.79. The number of nitrogens with two attached hydrogens (primary N) is 1. The lowest BCUT2D eigenvalue weighted by molar-refractivity contribution is 0.0994. The Morgan fingerprint density at radius 1 is 1.19 bits per heavy atom. The molecule has 0 aliphatic carbocycles. The highest BCUT2D eigenvalue weighted by atomic mass is 35.5. The van der Waals surface area contributed by atoms with Gasteiger partial charge in [-0.25, -0.2) is 4.98 Å². The monoisotopic (exact) mass is 441 g/mol. The van der Waals surface area contributed by atoms with Crippen LogP contribution in [0.2, 0.25) is 5.02 Å². The lowest BCUT2D eigenvalue weighted by atomic mass is 10.0. The van der Waals surface area contributed by atoms with E-state index in [-0.39, 0.29) is 11.7 Å². The minimum Gasteiger partial charge on any atom is -0.493 e. The van der Waals surface area contributed by atoms with Crippen LogP contribution in [0.1, 0.15) is 47.4 Å². The average molecular weight is 442 g/mol. The van der Waals surface area contributed by atoms with Gasteiger partial charge in [-0.1, -0.05) is 41.9 Å². The van der Waals surface area contributed by atoms with E-state index < -0.39 is 12.0 Å². The summed E-state index contributed by atoms with van der Waals surface area (Å²) in [4.78, 5) is 15.3. The van der Waals surface area contributed by atoms with Crippen molar-refractivity contribution in [3.8, 4) is 5.75 Å². The largest absolute Gasteiger partial charge is 0.493 e. The Kier molecular flexibility index (Phi) is 8.09. The lowest BCUT2D eigenvalue weighted by Gasteiger charge is -2.22. The molecule has 0 aliphatic heterocycles. The molecule has 0 saturated heterocycles. The first-order valence-corrected chi connectivity index (χ1v) is 10.8. The average Bonchev–Trinajstić information content (AvgIpc) is 3.23. The van der Waals surface area contributed by atoms with Crippen LogP contribution in [-0.2, 0) is 12.8 Å². The molecular formula is C24H28ClN3O3. The van der Waals surface area contributed by atoms with E-state index in [0.29, 0.717) is 19.4 Å². The van der Waals surface area contributed by atoms with Gasteiger partial charge in [0.2, 0.25) is 0 Å². The quantitative estimate of drug-likeness (QED) is 0.436. The van der Waals surface area contributed by atoms with Crippen molar-refractivity contribution in [2.24, 2.45) is 5.73 Å². The number of primary amides is 1. The van der Waals surface area contributed by atoms with Crippen molar-refractivity contribution in [1.82, 2.24) is 9.55 Å². The van der Waals surface area contributed by atoms with Crippen LogP contribution in [0.25, 0.3) is 0 Å². The van der Waals surface area contributed by atoms with Crippen LogP contribution in [-0.4, -0.2) is 33.3 Å². The summed E-state index contributed by atoms with van der Waals surface area (Å²) in [6.45, 7) is 2.34. The number of aromatic nitrogens is 2. The molecule has 3 N–H and O–H groups in total. The fraction of sp³-hybridized carbons (Fsp3) is 0.333. The fourth-order valence-electron chi connectivity index (χ4n) is 3.55. The van der Waals surface area contributed by atoms with E-state index in [9.17, 15) is 9.90 Å². The van der Waals surface area contributed by atoms with Gasteiger partial charge >= 0.3 is 0 Å². The highest BCUT2D eigenvalue weighted by Crippen LogP contribution is 2.25. The van der Waals surface area contributed by atoms with E-state index >= 15 is 0 Å². The third-order valence-corrected chi connectivity index (χ3v) is 5.51. The summed E-state index contributed by atoms with van der Waals surface area (Å²) in [6.07, 6.45) is 5.71. The van der Waals surface area contributed by atoms with Gasteiger partial charge in [0.05, 0.1) is 25.1 Å². The molecule has 0 radical (unpaired) electrons. The molecule has 0 unspecified atom stereocenters. The minimum atomic E-state index is -0.609. The SMILES string of the molecule is C[C@H](O)[C@@H](CCc1ccccc1OCCCc1ccc(Cl)cc1)n1cnc(C(N)=O)c1. The molecule has 6 nitrogen and oxygen atoms in total. The number of para-hydroxylation sites is 1. The van der Waals surface area contributed by atoms with Crippen molar-refractivity contribution in [3.05, 3.63) is 82.9 Å². The second kappa shape index (κ2) is 11.0. The van der Waals surface area contributed by atoms with Gasteiger partial charge in [-0.05, 0) is 61.9 Å². The molecular weight excluding hydrogens is 414 g/mol. The highest BCUT2D eigenvalue weighted by molar-refractivity contribution is 6.30. The van der Waals surface area contributed by atoms with Gasteiger partial charge in [-0.15, -0.1) is 0 Å². The molecule has 0 fully saturated rings. The Labute approximate surface area is 187 Å². The summed E-state index contributed by atoms with van der Waals surface area (Å²) in [5, 5.41) is 11.0. The third kappa shape index (κ3) is 6.57. The van der Waals surface area contributed by atoms with Gasteiger partial charge in [-0.2, -0.15) is 0 Å². The van der Waals surface area contributed by atoms with Gasteiger partial charge in [0, 0.05) is 11.2 Å². The Hall–Kier alpha value is -2.83. The molecule has 0 bridgehead atoms. The maximum Gasteiger partial charge on any atom is 0.268 e. The van der Waals surface area contributed by atoms with Crippen LogP contribution in [0, 0.1) is 0 Å². The second-order valence-electron chi connectivity index (χ2n) is 7.60. The molecule has 2 aromatic carbocycles. The molecule has 1 aromatic heterocycles. The van der Waals surface area contributed by atoms with E-state index in [1.165, 1.54) is 11.9 Å². The summed E-state index contributed by atoms with van der Waals surface area (Å²) in [5.74, 6) is 0.270. The zero-order chi connectivity index (χ0) is 22.2. The lowest BCUT2D eigenvalue weighted by Crippen LogP contribution is -2.21. The number of nitrogens with zero attached hydrogens (tertiary/aromatic N) is 2. The fourth-order valence-corrected chi connectivity index (χ4v) is 3.67. The predicted octanol–water partition coefficient (Wildman–Crippen LogP) is 4.20. The van der Waals surface area contributed by atoms with Crippen LogP contribution < -0.4 is 10.5 Å². The zero-order valence-electron chi connectivity index (χ0n) is 17.6. The second-order valence-corrected chi connectivity index (χ2v) is 8.04. The van der Waals surface area contributed by atoms with E-state index in [2.05, 4.69) is 4.98 Å². The van der Waals surface area contributed by atoms with E-state index in [1.807, 2.05) is 48.5 Å². The van der Waals surface area contributed by atoms with Crippen molar-refractivity contribution >= 4 is 17.5 Å². The smallest absolute Gasteiger partial charge is 0.268 e. The molecule has 164 valence electrons. The first-order valence-electron chi connectivity index (χ1n) is 10.4. The number of benzene rings is 2. The molecule has 0 saturated carbocycles. The van der Waals surface area contributed by atoms with Gasteiger partial charge in [0.15, 0.2) is 0 Å². The number of amides is 1. The summed E-state index contributed by atoms with van der Waals surface area (Å²) in [6, 6.07) is 15.6. The number of hydrogen-bond donors (Lipinski definition) is 2. The predicted molar refractivity (Wildman–Crippen MR) is 121 cm³/mol. The van der Waals surface area contributed by atoms with Crippen molar-refractivity contribution in [2.75, 3.05) is 6.61 Å². The number of hydrogen-bond acceptors (Lipinski definition) is 4. The topological polar surface area (TPSA) is 90.4 Å². The minimum absolute atomic E-state index is 0.190. The Morgan fingerprint density at radius 2 is 1.94 bits per heavy atom. The number of aliphatic hydroxyl groups is 1. The van der Waals surface area contributed by atoms with E-state index in [0.717, 1.165) is 29.2 Å². The first-order chi connectivity index (χ1) is 14.9.